The number of aliphatic hydroxyl groups is 1. The van der Waals surface area contributed by atoms with Gasteiger partial charge in [-0.1, -0.05) is 0 Å². The highest BCUT2D eigenvalue weighted by Gasteiger charge is 2.07. The van der Waals surface area contributed by atoms with Crippen molar-refractivity contribution in [1.29, 1.82) is 0 Å². The fourth-order valence-corrected chi connectivity index (χ4v) is 2.21. The summed E-state index contributed by atoms with van der Waals surface area (Å²) in [4.78, 5) is 5.44. The van der Waals surface area contributed by atoms with Crippen LogP contribution in [-0.2, 0) is 11.2 Å². The molecule has 82 valence electrons. The lowest BCUT2D eigenvalue weighted by atomic mass is 10.2. The van der Waals surface area contributed by atoms with Gasteiger partial charge in [-0.05, 0) is 12.8 Å². The normalized spacial score (nSPS) is 13.5. The van der Waals surface area contributed by atoms with Gasteiger partial charge in [0.1, 0.15) is 0 Å². The number of methoxy groups -OCH3 is 1. The fourth-order valence-electron chi connectivity index (χ4n) is 1.49. The van der Waals surface area contributed by atoms with Crippen molar-refractivity contribution in [3.63, 3.8) is 0 Å². The second kappa shape index (κ2) is 4.74. The first kappa shape index (κ1) is 10.6. The maximum absolute atomic E-state index is 9.48. The third kappa shape index (κ3) is 2.56. The van der Waals surface area contributed by atoms with Crippen molar-refractivity contribution in [3.8, 4) is 0 Å². The van der Waals surface area contributed by atoms with Crippen molar-refractivity contribution < 1.29 is 9.84 Å². The summed E-state index contributed by atoms with van der Waals surface area (Å²) in [7, 11) is 1.59. The molecule has 2 heterocycles. The van der Waals surface area contributed by atoms with E-state index in [2.05, 4.69) is 4.98 Å². The van der Waals surface area contributed by atoms with E-state index < -0.39 is 6.10 Å². The van der Waals surface area contributed by atoms with E-state index in [0.29, 0.717) is 13.0 Å². The van der Waals surface area contributed by atoms with Gasteiger partial charge in [0.05, 0.1) is 18.4 Å². The lowest BCUT2D eigenvalue weighted by Gasteiger charge is -2.06. The Kier molecular flexibility index (Phi) is 3.35. The number of fused-ring (bicyclic) bond motifs is 1. The van der Waals surface area contributed by atoms with Crippen LogP contribution in [0.25, 0.3) is 4.96 Å². The van der Waals surface area contributed by atoms with Crippen LogP contribution in [0.4, 0.5) is 0 Å². The van der Waals surface area contributed by atoms with Crippen molar-refractivity contribution in [1.82, 2.24) is 9.38 Å². The molecule has 2 rings (SSSR count). The van der Waals surface area contributed by atoms with Gasteiger partial charge >= 0.3 is 0 Å². The smallest absolute Gasteiger partial charge is 0.193 e. The molecule has 0 aromatic carbocycles. The van der Waals surface area contributed by atoms with Crippen LogP contribution in [0, 0.1) is 0 Å². The minimum atomic E-state index is -0.394. The summed E-state index contributed by atoms with van der Waals surface area (Å²) in [5.41, 5.74) is 1.03. The molecule has 2 aromatic heterocycles. The molecule has 0 aliphatic rings. The monoisotopic (exact) mass is 226 g/mol. The molecule has 1 unspecified atom stereocenters. The summed E-state index contributed by atoms with van der Waals surface area (Å²) in [6.45, 7) is 0.391. The highest BCUT2D eigenvalue weighted by Crippen LogP contribution is 2.13. The van der Waals surface area contributed by atoms with Crippen molar-refractivity contribution >= 4 is 16.3 Å². The number of ether oxygens (including phenoxy) is 1. The highest BCUT2D eigenvalue weighted by atomic mass is 32.1. The number of hydrogen-bond acceptors (Lipinski definition) is 4. The Labute approximate surface area is 92.1 Å². The van der Waals surface area contributed by atoms with E-state index >= 15 is 0 Å². The zero-order valence-electron chi connectivity index (χ0n) is 8.59. The van der Waals surface area contributed by atoms with Crippen LogP contribution in [0.5, 0.6) is 0 Å². The average Bonchev–Trinajstić information content (AvgIpc) is 2.74. The van der Waals surface area contributed by atoms with Crippen LogP contribution in [-0.4, -0.2) is 34.3 Å². The third-order valence-electron chi connectivity index (χ3n) is 2.24. The number of aliphatic hydroxyl groups excluding tert-OH is 1. The van der Waals surface area contributed by atoms with E-state index in [-0.39, 0.29) is 0 Å². The number of aryl methyl sites for hydroxylation is 1. The number of aromatic nitrogens is 2. The molecule has 0 saturated carbocycles. The molecule has 15 heavy (non-hydrogen) atoms. The van der Waals surface area contributed by atoms with Gasteiger partial charge in [0.2, 0.25) is 0 Å². The first-order valence-electron chi connectivity index (χ1n) is 4.87. The zero-order valence-corrected chi connectivity index (χ0v) is 9.41. The quantitative estimate of drug-likeness (QED) is 0.836. The lowest BCUT2D eigenvalue weighted by Crippen LogP contribution is -2.14. The Morgan fingerprint density at radius 1 is 1.67 bits per heavy atom. The molecule has 5 heteroatoms. The minimum Gasteiger partial charge on any atom is -0.391 e. The van der Waals surface area contributed by atoms with E-state index in [1.54, 1.807) is 18.4 Å². The van der Waals surface area contributed by atoms with Crippen molar-refractivity contribution in [2.45, 2.75) is 18.9 Å². The standard InChI is InChI=1S/C10H14N2O2S/c1-14-7-9(13)3-2-8-6-12-4-5-15-10(12)11-8/h4-6,9,13H,2-3,7H2,1H3. The Hall–Kier alpha value is -0.910. The molecule has 1 N–H and O–H groups in total. The predicted molar refractivity (Wildman–Crippen MR) is 59.3 cm³/mol. The van der Waals surface area contributed by atoms with Gasteiger partial charge in [-0.2, -0.15) is 0 Å². The van der Waals surface area contributed by atoms with Gasteiger partial charge in [0.15, 0.2) is 4.96 Å². The van der Waals surface area contributed by atoms with E-state index in [0.717, 1.165) is 17.1 Å². The molecule has 0 amide bonds. The van der Waals surface area contributed by atoms with Gasteiger partial charge in [-0.15, -0.1) is 11.3 Å². The Morgan fingerprint density at radius 2 is 2.53 bits per heavy atom. The fraction of sp³-hybridized carbons (Fsp3) is 0.500. The number of imidazole rings is 1. The largest absolute Gasteiger partial charge is 0.391 e. The molecule has 0 bridgehead atoms. The van der Waals surface area contributed by atoms with Gasteiger partial charge in [-0.25, -0.2) is 4.98 Å². The van der Waals surface area contributed by atoms with E-state index in [4.69, 9.17) is 4.74 Å². The summed E-state index contributed by atoms with van der Waals surface area (Å²) in [6.07, 6.45) is 5.08. The topological polar surface area (TPSA) is 46.8 Å². The maximum atomic E-state index is 9.48. The molecule has 1 atom stereocenters. The summed E-state index contributed by atoms with van der Waals surface area (Å²) < 4.78 is 6.87. The molecule has 0 saturated heterocycles. The molecule has 2 aromatic rings. The van der Waals surface area contributed by atoms with Crippen molar-refractivity contribution in [3.05, 3.63) is 23.5 Å². The molecular formula is C10H14N2O2S. The maximum Gasteiger partial charge on any atom is 0.193 e. The van der Waals surface area contributed by atoms with Crippen molar-refractivity contribution in [2.24, 2.45) is 0 Å². The van der Waals surface area contributed by atoms with E-state index in [9.17, 15) is 5.11 Å². The van der Waals surface area contributed by atoms with Gasteiger partial charge in [0.25, 0.3) is 0 Å². The van der Waals surface area contributed by atoms with Gasteiger partial charge < -0.3 is 9.84 Å². The Bertz CT molecular complexity index is 395. The molecule has 0 spiro atoms. The molecule has 4 nitrogen and oxygen atoms in total. The van der Waals surface area contributed by atoms with Crippen LogP contribution in [0.3, 0.4) is 0 Å². The number of nitrogens with zero attached hydrogens (tertiary/aromatic N) is 2. The molecule has 0 aliphatic carbocycles. The Balaban J connectivity index is 1.92. The third-order valence-corrected chi connectivity index (χ3v) is 3.01. The summed E-state index contributed by atoms with van der Waals surface area (Å²) in [6, 6.07) is 0. The summed E-state index contributed by atoms with van der Waals surface area (Å²) >= 11 is 1.62. The van der Waals surface area contributed by atoms with Crippen molar-refractivity contribution in [2.75, 3.05) is 13.7 Å². The van der Waals surface area contributed by atoms with E-state index in [1.807, 2.05) is 22.2 Å². The molecule has 0 radical (unpaired) electrons. The van der Waals surface area contributed by atoms with Crippen LogP contribution in [0.15, 0.2) is 17.8 Å². The number of hydrogen-bond donors (Lipinski definition) is 1. The second-order valence-electron chi connectivity index (χ2n) is 3.47. The van der Waals surface area contributed by atoms with Gasteiger partial charge in [0, 0.05) is 24.9 Å². The van der Waals surface area contributed by atoms with Crippen LogP contribution < -0.4 is 0 Å². The molecular weight excluding hydrogens is 212 g/mol. The second-order valence-corrected chi connectivity index (χ2v) is 4.35. The highest BCUT2D eigenvalue weighted by molar-refractivity contribution is 7.15. The minimum absolute atomic E-state index is 0.391. The Morgan fingerprint density at radius 3 is 3.27 bits per heavy atom. The first-order chi connectivity index (χ1) is 7.29. The number of thiazole rings is 1. The van der Waals surface area contributed by atoms with Crippen LogP contribution in [0.2, 0.25) is 0 Å². The van der Waals surface area contributed by atoms with Crippen LogP contribution in [0.1, 0.15) is 12.1 Å². The summed E-state index contributed by atoms with van der Waals surface area (Å²) in [5, 5.41) is 11.5. The van der Waals surface area contributed by atoms with E-state index in [1.165, 1.54) is 0 Å². The lowest BCUT2D eigenvalue weighted by molar-refractivity contribution is 0.0594. The molecule has 0 fully saturated rings. The molecule has 0 aliphatic heterocycles. The zero-order chi connectivity index (χ0) is 10.7. The van der Waals surface area contributed by atoms with Crippen LogP contribution >= 0.6 is 11.3 Å². The average molecular weight is 226 g/mol. The summed E-state index contributed by atoms with van der Waals surface area (Å²) in [5.74, 6) is 0. The van der Waals surface area contributed by atoms with Gasteiger partial charge in [-0.3, -0.25) is 4.40 Å². The first-order valence-corrected chi connectivity index (χ1v) is 5.75. The predicted octanol–water partition coefficient (Wildman–Crippen LogP) is 1.34. The SMILES string of the molecule is COCC(O)CCc1cn2ccsc2n1. The number of rotatable bonds is 5.